The van der Waals surface area contributed by atoms with Crippen LogP contribution in [0.25, 0.3) is 10.8 Å². The molecule has 0 aliphatic carbocycles. The monoisotopic (exact) mass is 516 g/mol. The molecule has 0 aromatic heterocycles. The van der Waals surface area contributed by atoms with E-state index >= 15 is 0 Å². The molecule has 0 amide bonds. The van der Waals surface area contributed by atoms with Crippen molar-refractivity contribution in [3.8, 4) is 0 Å². The maximum Gasteiger partial charge on any atom is 0.294 e. The summed E-state index contributed by atoms with van der Waals surface area (Å²) in [5, 5.41) is 2.15. The van der Waals surface area contributed by atoms with Crippen LogP contribution in [-0.4, -0.2) is 13.0 Å². The molecule has 2 aromatic rings. The Labute approximate surface area is 222 Å². The first-order valence-corrected chi connectivity index (χ1v) is 16.4. The molecule has 3 nitrogen and oxygen atoms in total. The molecular weight excluding hydrogens is 464 g/mol. The van der Waals surface area contributed by atoms with Gasteiger partial charge in [0.25, 0.3) is 10.1 Å². The van der Waals surface area contributed by atoms with Crippen molar-refractivity contribution in [1.29, 1.82) is 0 Å². The number of aryl methyl sites for hydroxylation is 2. The van der Waals surface area contributed by atoms with Gasteiger partial charge in [-0.05, 0) is 53.6 Å². The van der Waals surface area contributed by atoms with Crippen LogP contribution in [0.15, 0.2) is 35.2 Å². The Bertz CT molecular complexity index is 965. The second-order valence-corrected chi connectivity index (χ2v) is 12.1. The number of hydrogen-bond donors (Lipinski definition) is 1. The quantitative estimate of drug-likeness (QED) is 0.133. The topological polar surface area (TPSA) is 54.4 Å². The fourth-order valence-corrected chi connectivity index (χ4v) is 6.23. The van der Waals surface area contributed by atoms with Gasteiger partial charge in [-0.3, -0.25) is 4.55 Å². The number of unbranched alkanes of at least 4 members (excludes halogenated alkanes) is 16. The van der Waals surface area contributed by atoms with Crippen molar-refractivity contribution in [1.82, 2.24) is 0 Å². The van der Waals surface area contributed by atoms with E-state index in [0.29, 0.717) is 6.42 Å². The Morgan fingerprint density at radius 1 is 0.583 bits per heavy atom. The van der Waals surface area contributed by atoms with E-state index < -0.39 is 10.1 Å². The van der Waals surface area contributed by atoms with Crippen molar-refractivity contribution in [3.63, 3.8) is 0 Å². The van der Waals surface area contributed by atoms with Crippen molar-refractivity contribution in [2.75, 3.05) is 0 Å². The third-order valence-corrected chi connectivity index (χ3v) is 8.48. The molecule has 0 atom stereocenters. The van der Waals surface area contributed by atoms with E-state index in [1.165, 1.54) is 96.3 Å². The number of fused-ring (bicyclic) bond motifs is 1. The maximum atomic E-state index is 12.4. The highest BCUT2D eigenvalue weighted by Crippen LogP contribution is 2.32. The molecule has 1 N–H and O–H groups in total. The largest absolute Gasteiger partial charge is 0.294 e. The van der Waals surface area contributed by atoms with Crippen molar-refractivity contribution in [2.45, 2.75) is 147 Å². The first kappa shape index (κ1) is 30.8. The summed E-state index contributed by atoms with van der Waals surface area (Å²) >= 11 is 0. The van der Waals surface area contributed by atoms with Crippen LogP contribution >= 0.6 is 0 Å². The lowest BCUT2D eigenvalue weighted by Gasteiger charge is -2.16. The maximum absolute atomic E-state index is 12.4. The average molecular weight is 517 g/mol. The minimum atomic E-state index is -4.26. The number of rotatable bonds is 21. The highest BCUT2D eigenvalue weighted by Gasteiger charge is 2.20. The molecule has 2 rings (SSSR count). The van der Waals surface area contributed by atoms with Crippen LogP contribution in [0.2, 0.25) is 0 Å². The van der Waals surface area contributed by atoms with Crippen molar-refractivity contribution in [3.05, 3.63) is 41.5 Å². The highest BCUT2D eigenvalue weighted by molar-refractivity contribution is 7.85. The summed E-state index contributed by atoms with van der Waals surface area (Å²) in [4.78, 5) is 0.131. The lowest BCUT2D eigenvalue weighted by Crippen LogP contribution is -2.06. The normalized spacial score (nSPS) is 12.0. The van der Waals surface area contributed by atoms with Gasteiger partial charge in [0.05, 0.1) is 4.90 Å². The van der Waals surface area contributed by atoms with Crippen LogP contribution in [0.4, 0.5) is 0 Å². The summed E-state index contributed by atoms with van der Waals surface area (Å²) < 4.78 is 34.9. The second-order valence-electron chi connectivity index (χ2n) is 10.7. The van der Waals surface area contributed by atoms with E-state index in [-0.39, 0.29) is 4.90 Å². The molecule has 0 radical (unpaired) electrons. The molecule has 0 unspecified atom stereocenters. The van der Waals surface area contributed by atoms with E-state index in [1.54, 1.807) is 6.07 Å². The zero-order valence-corrected chi connectivity index (χ0v) is 24.0. The van der Waals surface area contributed by atoms with Gasteiger partial charge in [0.1, 0.15) is 0 Å². The standard InChI is InChI=1S/C32H52O3S/c1-3-5-7-9-11-13-15-17-19-23-28-27-32(36(33,34)35)31(30-25-22-21-24-29(28)30)26-20-18-16-14-12-10-8-6-4-2/h21-22,24-25,27H,3-20,23,26H2,1-2H3,(H,33,34,35). The SMILES string of the molecule is CCCCCCCCCCCc1cc(S(=O)(=O)O)c(CCCCCCCCCCC)c2ccccc12. The molecule has 0 aliphatic heterocycles. The van der Waals surface area contributed by atoms with Gasteiger partial charge in [0, 0.05) is 0 Å². The minimum Gasteiger partial charge on any atom is -0.282 e. The van der Waals surface area contributed by atoms with Crippen LogP contribution in [0.5, 0.6) is 0 Å². The summed E-state index contributed by atoms with van der Waals surface area (Å²) in [6.45, 7) is 4.50. The van der Waals surface area contributed by atoms with Crippen LogP contribution in [0.1, 0.15) is 141 Å². The predicted molar refractivity (Wildman–Crippen MR) is 156 cm³/mol. The lowest BCUT2D eigenvalue weighted by atomic mass is 9.93. The Hall–Kier alpha value is -1.39. The summed E-state index contributed by atoms with van der Waals surface area (Å²) in [6.07, 6.45) is 24.1. The summed E-state index contributed by atoms with van der Waals surface area (Å²) in [6, 6.07) is 9.94. The molecule has 0 fully saturated rings. The van der Waals surface area contributed by atoms with E-state index in [0.717, 1.165) is 47.6 Å². The molecule has 0 bridgehead atoms. The molecular formula is C32H52O3S. The predicted octanol–water partition coefficient (Wildman–Crippen LogP) is 10.2. The van der Waals surface area contributed by atoms with Gasteiger partial charge in [-0.1, -0.05) is 141 Å². The summed E-state index contributed by atoms with van der Waals surface area (Å²) in [7, 11) is -4.26. The zero-order chi connectivity index (χ0) is 26.1. The van der Waals surface area contributed by atoms with Gasteiger partial charge in [0.2, 0.25) is 0 Å². The molecule has 0 saturated heterocycles. The van der Waals surface area contributed by atoms with Gasteiger partial charge in [0.15, 0.2) is 0 Å². The third-order valence-electron chi connectivity index (χ3n) is 7.56. The van der Waals surface area contributed by atoms with E-state index in [2.05, 4.69) is 19.9 Å². The first-order valence-electron chi connectivity index (χ1n) is 15.0. The molecule has 0 saturated carbocycles. The molecule has 0 heterocycles. The van der Waals surface area contributed by atoms with Crippen LogP contribution in [0, 0.1) is 0 Å². The molecule has 0 aliphatic rings. The zero-order valence-electron chi connectivity index (χ0n) is 23.2. The Morgan fingerprint density at radius 2 is 1.00 bits per heavy atom. The fourth-order valence-electron chi connectivity index (χ4n) is 5.42. The number of benzene rings is 2. The Kier molecular flexibility index (Phi) is 15.4. The molecule has 204 valence electrons. The average Bonchev–Trinajstić information content (AvgIpc) is 2.86. The van der Waals surface area contributed by atoms with Crippen LogP contribution < -0.4 is 0 Å². The highest BCUT2D eigenvalue weighted by atomic mass is 32.2. The van der Waals surface area contributed by atoms with Crippen molar-refractivity contribution >= 4 is 20.9 Å². The van der Waals surface area contributed by atoms with E-state index in [9.17, 15) is 13.0 Å². The molecule has 36 heavy (non-hydrogen) atoms. The van der Waals surface area contributed by atoms with Gasteiger partial charge in [-0.2, -0.15) is 8.42 Å². The van der Waals surface area contributed by atoms with E-state index in [1.807, 2.05) is 18.2 Å². The van der Waals surface area contributed by atoms with Crippen LogP contribution in [0.3, 0.4) is 0 Å². The van der Waals surface area contributed by atoms with Crippen molar-refractivity contribution < 1.29 is 13.0 Å². The molecule has 2 aromatic carbocycles. The third kappa shape index (κ3) is 11.3. The summed E-state index contributed by atoms with van der Waals surface area (Å²) in [5.41, 5.74) is 1.85. The van der Waals surface area contributed by atoms with Gasteiger partial charge < -0.3 is 0 Å². The van der Waals surface area contributed by atoms with E-state index in [4.69, 9.17) is 0 Å². The van der Waals surface area contributed by atoms with Gasteiger partial charge >= 0.3 is 0 Å². The van der Waals surface area contributed by atoms with Crippen molar-refractivity contribution in [2.24, 2.45) is 0 Å². The first-order chi connectivity index (χ1) is 17.5. The Morgan fingerprint density at radius 3 is 1.47 bits per heavy atom. The molecule has 4 heteroatoms. The number of hydrogen-bond acceptors (Lipinski definition) is 2. The second kappa shape index (κ2) is 18.0. The fraction of sp³-hybridized carbons (Fsp3) is 0.688. The minimum absolute atomic E-state index is 0.131. The molecule has 0 spiro atoms. The summed E-state index contributed by atoms with van der Waals surface area (Å²) in [5.74, 6) is 0. The van der Waals surface area contributed by atoms with Gasteiger partial charge in [-0.15, -0.1) is 0 Å². The lowest BCUT2D eigenvalue weighted by molar-refractivity contribution is 0.481. The van der Waals surface area contributed by atoms with Crippen LogP contribution in [-0.2, 0) is 23.0 Å². The Balaban J connectivity index is 1.96. The smallest absolute Gasteiger partial charge is 0.282 e. The van der Waals surface area contributed by atoms with Gasteiger partial charge in [-0.25, -0.2) is 0 Å².